The maximum Gasteiger partial charge on any atom is 0.459 e. The van der Waals surface area contributed by atoms with Crippen molar-refractivity contribution in [3.05, 3.63) is 63.4 Å². The van der Waals surface area contributed by atoms with E-state index in [9.17, 15) is 28.8 Å². The number of ether oxygens (including phenoxy) is 2. The molecule has 1 aromatic carbocycles. The molecule has 214 valence electrons. The van der Waals surface area contributed by atoms with Crippen LogP contribution in [0.15, 0.2) is 52.2 Å². The number of nitrogens with zero attached hydrogens (tertiary/aromatic N) is 1. The number of halogens is 1. The molecule has 0 spiro atoms. The molecule has 3 rings (SSSR count). The standard InChI is InChI=1S/C23H29FN3O11P/c1-14(20(32)35-12-6-9-18(29)30)26-39(34,38-15-7-4-3-5-8-15)36-13-16-19(31)23(2,24)21(37-16)27-11-10-17(28)25-22(27)33/h3-5,7-8,10-11,14,16,19,21,31H,6,9,12-13H2,1-2H3,(H,26,34)(H,29,30)(H,25,28,33)/t14-,16+,19+,21+,23+,39-/m0/s1. The first-order valence-electron chi connectivity index (χ1n) is 11.8. The first-order valence-corrected chi connectivity index (χ1v) is 13.4. The van der Waals surface area contributed by atoms with Gasteiger partial charge in [-0.15, -0.1) is 0 Å². The zero-order valence-corrected chi connectivity index (χ0v) is 21.9. The summed E-state index contributed by atoms with van der Waals surface area (Å²) in [4.78, 5) is 48.4. The minimum Gasteiger partial charge on any atom is -0.481 e. The van der Waals surface area contributed by atoms with Crippen LogP contribution in [-0.2, 0) is 28.2 Å². The number of para-hydroxylation sites is 1. The van der Waals surface area contributed by atoms with Gasteiger partial charge >= 0.3 is 25.4 Å². The van der Waals surface area contributed by atoms with Crippen molar-refractivity contribution in [1.82, 2.24) is 14.6 Å². The number of benzene rings is 1. The molecule has 6 atom stereocenters. The van der Waals surface area contributed by atoms with Crippen molar-refractivity contribution in [1.29, 1.82) is 0 Å². The molecule has 0 saturated carbocycles. The number of aromatic nitrogens is 2. The van der Waals surface area contributed by atoms with Gasteiger partial charge in [-0.1, -0.05) is 18.2 Å². The molecule has 1 aliphatic rings. The van der Waals surface area contributed by atoms with Crippen LogP contribution in [0.1, 0.15) is 32.9 Å². The highest BCUT2D eigenvalue weighted by atomic mass is 31.2. The number of carboxylic acids is 1. The monoisotopic (exact) mass is 573 g/mol. The summed E-state index contributed by atoms with van der Waals surface area (Å²) >= 11 is 0. The highest BCUT2D eigenvalue weighted by Crippen LogP contribution is 2.47. The number of rotatable bonds is 13. The Morgan fingerprint density at radius 3 is 2.62 bits per heavy atom. The fourth-order valence-electron chi connectivity index (χ4n) is 3.66. The molecule has 16 heteroatoms. The Morgan fingerprint density at radius 1 is 1.28 bits per heavy atom. The Morgan fingerprint density at radius 2 is 1.97 bits per heavy atom. The maximum atomic E-state index is 15.5. The van der Waals surface area contributed by atoms with Gasteiger partial charge in [0.05, 0.1) is 13.2 Å². The Labute approximate surface area is 221 Å². The number of hydrogen-bond acceptors (Lipinski definition) is 10. The molecule has 14 nitrogen and oxygen atoms in total. The Hall–Kier alpha value is -3.36. The Bertz CT molecular complexity index is 1320. The number of H-pyrrole nitrogens is 1. The van der Waals surface area contributed by atoms with Crippen molar-refractivity contribution in [3.8, 4) is 5.75 Å². The van der Waals surface area contributed by atoms with E-state index < -0.39 is 67.7 Å². The predicted molar refractivity (Wildman–Crippen MR) is 132 cm³/mol. The normalized spacial score (nSPS) is 25.0. The lowest BCUT2D eigenvalue weighted by molar-refractivity contribution is -0.146. The van der Waals surface area contributed by atoms with Gasteiger partial charge in [0.2, 0.25) is 0 Å². The van der Waals surface area contributed by atoms with E-state index in [4.69, 9.17) is 23.6 Å². The summed E-state index contributed by atoms with van der Waals surface area (Å²) in [5, 5.41) is 21.7. The number of nitrogens with one attached hydrogen (secondary N) is 2. The number of alkyl halides is 1. The first-order chi connectivity index (χ1) is 18.3. The second-order valence-corrected chi connectivity index (χ2v) is 10.5. The highest BCUT2D eigenvalue weighted by molar-refractivity contribution is 7.52. The van der Waals surface area contributed by atoms with Gasteiger partial charge in [0, 0.05) is 18.7 Å². The van der Waals surface area contributed by atoms with Crippen LogP contribution in [0.4, 0.5) is 4.39 Å². The molecule has 39 heavy (non-hydrogen) atoms. The average Bonchev–Trinajstić information content (AvgIpc) is 3.09. The molecule has 2 aromatic rings. The van der Waals surface area contributed by atoms with Crippen molar-refractivity contribution in [3.63, 3.8) is 0 Å². The van der Waals surface area contributed by atoms with E-state index in [1.165, 1.54) is 19.1 Å². The minimum atomic E-state index is -4.41. The van der Waals surface area contributed by atoms with Crippen molar-refractivity contribution in [2.45, 2.75) is 56.8 Å². The molecule has 1 fully saturated rings. The van der Waals surface area contributed by atoms with Gasteiger partial charge < -0.3 is 24.2 Å². The van der Waals surface area contributed by atoms with Gasteiger partial charge in [-0.2, -0.15) is 5.09 Å². The molecule has 0 amide bonds. The van der Waals surface area contributed by atoms with Gasteiger partial charge in [-0.25, -0.2) is 13.8 Å². The lowest BCUT2D eigenvalue weighted by atomic mass is 9.98. The third kappa shape index (κ3) is 7.83. The summed E-state index contributed by atoms with van der Waals surface area (Å²) in [6.07, 6.45) is -4.10. The van der Waals surface area contributed by atoms with Crippen LogP contribution in [0.5, 0.6) is 5.75 Å². The molecule has 4 N–H and O–H groups in total. The molecule has 0 aliphatic carbocycles. The number of aliphatic hydroxyl groups excluding tert-OH is 1. The zero-order valence-electron chi connectivity index (χ0n) is 21.0. The van der Waals surface area contributed by atoms with Crippen molar-refractivity contribution >= 4 is 19.7 Å². The van der Waals surface area contributed by atoms with Crippen LogP contribution in [0.3, 0.4) is 0 Å². The molecule has 0 unspecified atom stereocenters. The summed E-state index contributed by atoms with van der Waals surface area (Å²) in [6, 6.07) is 7.50. The first kappa shape index (κ1) is 30.2. The van der Waals surface area contributed by atoms with E-state index in [1.54, 1.807) is 18.2 Å². The van der Waals surface area contributed by atoms with E-state index in [0.29, 0.717) is 0 Å². The fraction of sp³-hybridized carbons (Fsp3) is 0.478. The zero-order chi connectivity index (χ0) is 28.8. The van der Waals surface area contributed by atoms with Gasteiger partial charge in [0.25, 0.3) is 5.56 Å². The van der Waals surface area contributed by atoms with Gasteiger partial charge in [-0.05, 0) is 32.4 Å². The summed E-state index contributed by atoms with van der Waals surface area (Å²) in [6.45, 7) is 1.40. The molecule has 1 saturated heterocycles. The number of aliphatic carboxylic acids is 1. The number of hydrogen-bond donors (Lipinski definition) is 4. The fourth-order valence-corrected chi connectivity index (χ4v) is 5.16. The molecule has 1 aromatic heterocycles. The molecule has 1 aliphatic heterocycles. The third-order valence-electron chi connectivity index (χ3n) is 5.68. The summed E-state index contributed by atoms with van der Waals surface area (Å²) in [5.74, 6) is -1.83. The largest absolute Gasteiger partial charge is 0.481 e. The average molecular weight is 573 g/mol. The number of esters is 1. The SMILES string of the molecule is C[C@H](N[P@](=O)(OC[C@H]1O[C@@H](n2ccc(=O)[nH]c2=O)[C@](C)(F)[C@@H]1O)Oc1ccccc1)C(=O)OCCCC(=O)O. The number of aromatic amines is 1. The smallest absolute Gasteiger partial charge is 0.459 e. The van der Waals surface area contributed by atoms with E-state index in [-0.39, 0.29) is 25.2 Å². The quantitative estimate of drug-likeness (QED) is 0.152. The number of carbonyl (C=O) groups is 2. The Kier molecular flexibility index (Phi) is 9.80. The summed E-state index contributed by atoms with van der Waals surface area (Å²) in [5.41, 5.74) is -4.21. The molecule has 0 bridgehead atoms. The second-order valence-electron chi connectivity index (χ2n) is 8.85. The van der Waals surface area contributed by atoms with E-state index in [2.05, 4.69) is 5.09 Å². The van der Waals surface area contributed by atoms with E-state index >= 15 is 4.39 Å². The second kappa shape index (κ2) is 12.7. The third-order valence-corrected chi connectivity index (χ3v) is 7.33. The van der Waals surface area contributed by atoms with Crippen LogP contribution < -0.4 is 20.9 Å². The highest BCUT2D eigenvalue weighted by Gasteiger charge is 2.55. The lowest BCUT2D eigenvalue weighted by Gasteiger charge is -2.25. The number of aliphatic hydroxyl groups is 1. The Balaban J connectivity index is 1.73. The van der Waals surface area contributed by atoms with Crippen molar-refractivity contribution < 1.29 is 47.3 Å². The van der Waals surface area contributed by atoms with Gasteiger partial charge in [-0.3, -0.25) is 28.5 Å². The number of carboxylic acid groups (broad SMARTS) is 1. The topological polar surface area (TPSA) is 195 Å². The van der Waals surface area contributed by atoms with E-state index in [1.807, 2.05) is 4.98 Å². The minimum absolute atomic E-state index is 0.0704. The van der Waals surface area contributed by atoms with Crippen molar-refractivity contribution in [2.24, 2.45) is 0 Å². The maximum absolute atomic E-state index is 15.5. The van der Waals surface area contributed by atoms with Crippen molar-refractivity contribution in [2.75, 3.05) is 13.2 Å². The van der Waals surface area contributed by atoms with Gasteiger partial charge in [0.15, 0.2) is 11.9 Å². The lowest BCUT2D eigenvalue weighted by Crippen LogP contribution is -2.43. The molecular formula is C23H29FN3O11P. The molecular weight excluding hydrogens is 544 g/mol. The summed E-state index contributed by atoms with van der Waals surface area (Å²) < 4.78 is 51.3. The van der Waals surface area contributed by atoms with Crippen LogP contribution in [-0.4, -0.2) is 68.8 Å². The van der Waals surface area contributed by atoms with E-state index in [0.717, 1.165) is 23.8 Å². The van der Waals surface area contributed by atoms with Gasteiger partial charge in [0.1, 0.15) is 24.0 Å². The molecule has 2 heterocycles. The van der Waals surface area contributed by atoms with Crippen LogP contribution in [0.2, 0.25) is 0 Å². The predicted octanol–water partition coefficient (Wildman–Crippen LogP) is 1.11. The van der Waals surface area contributed by atoms with Crippen LogP contribution in [0.25, 0.3) is 0 Å². The summed E-state index contributed by atoms with van der Waals surface area (Å²) in [7, 11) is -4.41. The number of carbonyl (C=O) groups excluding carboxylic acids is 1. The molecule has 0 radical (unpaired) electrons. The van der Waals surface area contributed by atoms with Crippen LogP contribution in [0, 0.1) is 0 Å². The van der Waals surface area contributed by atoms with Crippen LogP contribution >= 0.6 is 7.75 Å².